The van der Waals surface area contributed by atoms with Gasteiger partial charge in [0.1, 0.15) is 11.3 Å². The number of hydrogen-bond acceptors (Lipinski definition) is 5. The van der Waals surface area contributed by atoms with E-state index in [1.54, 1.807) is 24.3 Å². The Morgan fingerprint density at radius 3 is 2.52 bits per heavy atom. The average molecular weight is 409 g/mol. The van der Waals surface area contributed by atoms with Crippen LogP contribution in [0.4, 0.5) is 0 Å². The predicted octanol–water partition coefficient (Wildman–Crippen LogP) is 3.10. The number of rotatable bonds is 6. The van der Waals surface area contributed by atoms with Crippen molar-refractivity contribution >= 4 is 27.8 Å². The van der Waals surface area contributed by atoms with Gasteiger partial charge in [0.15, 0.2) is 12.7 Å². The summed E-state index contributed by atoms with van der Waals surface area (Å²) in [5, 5.41) is 12.1. The van der Waals surface area contributed by atoms with E-state index in [2.05, 4.69) is 27.3 Å². The van der Waals surface area contributed by atoms with Gasteiger partial charge in [0, 0.05) is 4.47 Å². The third-order valence-electron chi connectivity index (χ3n) is 4.13. The lowest BCUT2D eigenvalue weighted by atomic mass is 9.83. The van der Waals surface area contributed by atoms with Crippen molar-refractivity contribution in [2.24, 2.45) is 0 Å². The van der Waals surface area contributed by atoms with Gasteiger partial charge in [-0.3, -0.25) is 4.79 Å². The predicted molar refractivity (Wildman–Crippen MR) is 94.8 cm³/mol. The van der Waals surface area contributed by atoms with Gasteiger partial charge >= 0.3 is 5.97 Å². The van der Waals surface area contributed by atoms with Crippen molar-refractivity contribution in [2.75, 3.05) is 6.61 Å². The van der Waals surface area contributed by atoms with Gasteiger partial charge < -0.3 is 14.8 Å². The summed E-state index contributed by atoms with van der Waals surface area (Å²) < 4.78 is 11.3. The van der Waals surface area contributed by atoms with Gasteiger partial charge in [-0.15, -0.1) is 0 Å². The first-order valence-corrected chi connectivity index (χ1v) is 9.04. The summed E-state index contributed by atoms with van der Waals surface area (Å²) in [6.07, 6.45) is 3.15. The van der Waals surface area contributed by atoms with Crippen LogP contribution in [0.2, 0.25) is 0 Å². The molecule has 25 heavy (non-hydrogen) atoms. The maximum atomic E-state index is 12.2. The molecule has 1 N–H and O–H groups in total. The van der Waals surface area contributed by atoms with E-state index in [0.29, 0.717) is 18.6 Å². The van der Waals surface area contributed by atoms with E-state index in [4.69, 9.17) is 9.47 Å². The fourth-order valence-corrected chi connectivity index (χ4v) is 2.98. The van der Waals surface area contributed by atoms with Crippen LogP contribution in [0.1, 0.15) is 39.0 Å². The number of amides is 1. The molecule has 1 amide bonds. The van der Waals surface area contributed by atoms with Gasteiger partial charge in [-0.2, -0.15) is 5.26 Å². The lowest BCUT2D eigenvalue weighted by Gasteiger charge is -2.32. The lowest BCUT2D eigenvalue weighted by Crippen LogP contribution is -2.52. The highest BCUT2D eigenvalue weighted by Crippen LogP contribution is 2.27. The van der Waals surface area contributed by atoms with Crippen LogP contribution in [0, 0.1) is 11.3 Å². The zero-order valence-electron chi connectivity index (χ0n) is 14.1. The molecule has 0 radical (unpaired) electrons. The van der Waals surface area contributed by atoms with Crippen LogP contribution in [-0.2, 0) is 14.3 Å². The van der Waals surface area contributed by atoms with E-state index in [1.807, 2.05) is 0 Å². The molecule has 0 bridgehead atoms. The highest BCUT2D eigenvalue weighted by molar-refractivity contribution is 9.10. The van der Waals surface area contributed by atoms with Crippen LogP contribution in [0.25, 0.3) is 0 Å². The van der Waals surface area contributed by atoms with Crippen molar-refractivity contribution in [1.82, 2.24) is 5.32 Å². The van der Waals surface area contributed by atoms with E-state index in [-0.39, 0.29) is 6.61 Å². The van der Waals surface area contributed by atoms with Crippen LogP contribution in [0.3, 0.4) is 0 Å². The van der Waals surface area contributed by atoms with Crippen LogP contribution in [0.15, 0.2) is 28.7 Å². The smallest absolute Gasteiger partial charge is 0.344 e. The van der Waals surface area contributed by atoms with Crippen molar-refractivity contribution in [2.45, 2.75) is 50.7 Å². The Kier molecular flexibility index (Phi) is 6.82. The standard InChI is InChI=1S/C18H21BrN2O4/c1-13(17(23)21-18(12-20)9-3-2-4-10-18)25-16(22)11-24-15-7-5-14(19)6-8-15/h5-8,13H,2-4,9-11H2,1H3,(H,21,23)/t13-/m1/s1. The highest BCUT2D eigenvalue weighted by Gasteiger charge is 2.35. The Morgan fingerprint density at radius 1 is 1.28 bits per heavy atom. The number of ether oxygens (including phenoxy) is 2. The molecule has 134 valence electrons. The van der Waals surface area contributed by atoms with Gasteiger partial charge in [-0.25, -0.2) is 4.79 Å². The number of esters is 1. The SMILES string of the molecule is C[C@@H](OC(=O)COc1ccc(Br)cc1)C(=O)NC1(C#N)CCCCC1. The quantitative estimate of drug-likeness (QED) is 0.730. The van der Waals surface area contributed by atoms with Crippen molar-refractivity contribution in [3.05, 3.63) is 28.7 Å². The fourth-order valence-electron chi connectivity index (χ4n) is 2.72. The molecule has 0 aliphatic heterocycles. The fraction of sp³-hybridized carbons (Fsp3) is 0.500. The molecule has 1 aliphatic rings. The summed E-state index contributed by atoms with van der Waals surface area (Å²) in [7, 11) is 0. The van der Waals surface area contributed by atoms with E-state index in [0.717, 1.165) is 23.7 Å². The Labute approximate surface area is 155 Å². The van der Waals surface area contributed by atoms with Gasteiger partial charge in [-0.05, 0) is 44.0 Å². The molecule has 2 rings (SSSR count). The minimum atomic E-state index is -0.979. The van der Waals surface area contributed by atoms with Gasteiger partial charge in [0.2, 0.25) is 0 Å². The normalized spacial score (nSPS) is 17.0. The van der Waals surface area contributed by atoms with Crippen LogP contribution >= 0.6 is 15.9 Å². The van der Waals surface area contributed by atoms with Crippen molar-refractivity contribution in [3.63, 3.8) is 0 Å². The van der Waals surface area contributed by atoms with E-state index < -0.39 is 23.5 Å². The average Bonchev–Trinajstić information content (AvgIpc) is 2.62. The minimum Gasteiger partial charge on any atom is -0.482 e. The Hall–Kier alpha value is -2.07. The first kappa shape index (κ1) is 19.3. The van der Waals surface area contributed by atoms with Gasteiger partial charge in [0.05, 0.1) is 6.07 Å². The molecule has 0 heterocycles. The topological polar surface area (TPSA) is 88.4 Å². The van der Waals surface area contributed by atoms with Crippen LogP contribution < -0.4 is 10.1 Å². The summed E-state index contributed by atoms with van der Waals surface area (Å²) in [4.78, 5) is 24.1. The molecule has 1 aromatic rings. The molecule has 0 saturated heterocycles. The number of halogens is 1. The Bertz CT molecular complexity index is 648. The second kappa shape index (κ2) is 8.86. The van der Waals surface area contributed by atoms with E-state index in [1.165, 1.54) is 6.92 Å². The molecule has 1 fully saturated rings. The third kappa shape index (κ3) is 5.75. The van der Waals surface area contributed by atoms with Gasteiger partial charge in [0.25, 0.3) is 5.91 Å². The molecule has 0 aromatic heterocycles. The third-order valence-corrected chi connectivity index (χ3v) is 4.66. The van der Waals surface area contributed by atoms with Crippen molar-refractivity contribution < 1.29 is 19.1 Å². The van der Waals surface area contributed by atoms with Crippen LogP contribution in [-0.4, -0.2) is 30.1 Å². The lowest BCUT2D eigenvalue weighted by molar-refractivity contribution is -0.157. The number of benzene rings is 1. The monoisotopic (exact) mass is 408 g/mol. The zero-order chi connectivity index (χ0) is 18.3. The molecule has 1 atom stereocenters. The maximum absolute atomic E-state index is 12.2. The molecule has 7 heteroatoms. The number of nitrogens with one attached hydrogen (secondary N) is 1. The molecule has 1 aromatic carbocycles. The number of carbonyl (C=O) groups is 2. The van der Waals surface area contributed by atoms with Gasteiger partial charge in [-0.1, -0.05) is 35.2 Å². The summed E-state index contributed by atoms with van der Waals surface area (Å²) in [5.74, 6) is -0.566. The first-order valence-electron chi connectivity index (χ1n) is 8.25. The minimum absolute atomic E-state index is 0.289. The highest BCUT2D eigenvalue weighted by atomic mass is 79.9. The molecule has 1 aliphatic carbocycles. The number of carbonyl (C=O) groups excluding carboxylic acids is 2. The molecular formula is C18H21BrN2O4. The second-order valence-electron chi connectivity index (χ2n) is 6.12. The van der Waals surface area contributed by atoms with E-state index >= 15 is 0 Å². The molecule has 1 saturated carbocycles. The molecule has 0 unspecified atom stereocenters. The zero-order valence-corrected chi connectivity index (χ0v) is 15.7. The number of hydrogen-bond donors (Lipinski definition) is 1. The Morgan fingerprint density at radius 2 is 1.92 bits per heavy atom. The largest absolute Gasteiger partial charge is 0.482 e. The Balaban J connectivity index is 1.80. The summed E-state index contributed by atoms with van der Waals surface area (Å²) >= 11 is 3.31. The molecule has 6 nitrogen and oxygen atoms in total. The van der Waals surface area contributed by atoms with E-state index in [9.17, 15) is 14.9 Å². The van der Waals surface area contributed by atoms with Crippen molar-refractivity contribution in [3.8, 4) is 11.8 Å². The summed E-state index contributed by atoms with van der Waals surface area (Å²) in [5.41, 5.74) is -0.843. The van der Waals surface area contributed by atoms with Crippen LogP contribution in [0.5, 0.6) is 5.75 Å². The summed E-state index contributed by atoms with van der Waals surface area (Å²) in [6.45, 7) is 1.20. The first-order chi connectivity index (χ1) is 11.9. The number of nitriles is 1. The molecular weight excluding hydrogens is 388 g/mol. The number of nitrogens with zero attached hydrogens (tertiary/aromatic N) is 1. The summed E-state index contributed by atoms with van der Waals surface area (Å²) in [6, 6.07) is 9.23. The maximum Gasteiger partial charge on any atom is 0.344 e. The second-order valence-corrected chi connectivity index (χ2v) is 7.03. The van der Waals surface area contributed by atoms with Crippen molar-refractivity contribution in [1.29, 1.82) is 5.26 Å². The molecule has 0 spiro atoms.